The lowest BCUT2D eigenvalue weighted by atomic mass is 9.85. The standard InChI is InChI=1S/C15H18N2O/c1-17-9-11-8-16-15(18)13-7-5-3-2-4-6-12(13)14(11)10-17/h2-7,11,14H,8-10H2,1H3,(H,16,18). The fraction of sp³-hybridized carbons (Fsp3) is 0.400. The van der Waals surface area contributed by atoms with Gasteiger partial charge in [0.15, 0.2) is 0 Å². The number of rotatable bonds is 0. The van der Waals surface area contributed by atoms with Crippen LogP contribution >= 0.6 is 0 Å². The molecule has 0 spiro atoms. The third-order valence-corrected chi connectivity index (χ3v) is 3.98. The van der Waals surface area contributed by atoms with Gasteiger partial charge in [0.05, 0.1) is 0 Å². The van der Waals surface area contributed by atoms with Gasteiger partial charge in [-0.15, -0.1) is 0 Å². The van der Waals surface area contributed by atoms with Crippen LogP contribution in [0, 0.1) is 11.8 Å². The Labute approximate surface area is 108 Å². The Balaban J connectivity index is 2.04. The first-order valence-corrected chi connectivity index (χ1v) is 6.48. The second-order valence-corrected chi connectivity index (χ2v) is 5.27. The van der Waals surface area contributed by atoms with Gasteiger partial charge in [-0.25, -0.2) is 0 Å². The molecule has 18 heavy (non-hydrogen) atoms. The Hall–Kier alpha value is -1.61. The molecule has 3 nitrogen and oxygen atoms in total. The lowest BCUT2D eigenvalue weighted by Crippen LogP contribution is -2.29. The van der Waals surface area contributed by atoms with Crippen LogP contribution in [0.1, 0.15) is 0 Å². The summed E-state index contributed by atoms with van der Waals surface area (Å²) in [6.07, 6.45) is 12.0. The minimum absolute atomic E-state index is 0.0678. The molecule has 1 amide bonds. The van der Waals surface area contributed by atoms with Crippen molar-refractivity contribution in [2.45, 2.75) is 0 Å². The van der Waals surface area contributed by atoms with Gasteiger partial charge >= 0.3 is 0 Å². The van der Waals surface area contributed by atoms with E-state index in [1.54, 1.807) is 0 Å². The van der Waals surface area contributed by atoms with E-state index in [9.17, 15) is 4.79 Å². The first kappa shape index (κ1) is 11.5. The van der Waals surface area contributed by atoms with Crippen molar-refractivity contribution in [3.05, 3.63) is 47.6 Å². The topological polar surface area (TPSA) is 32.3 Å². The van der Waals surface area contributed by atoms with Crippen LogP contribution in [-0.4, -0.2) is 37.5 Å². The molecule has 1 aliphatic carbocycles. The predicted octanol–water partition coefficient (Wildman–Crippen LogP) is 1.27. The van der Waals surface area contributed by atoms with Gasteiger partial charge in [-0.2, -0.15) is 0 Å². The van der Waals surface area contributed by atoms with Crippen molar-refractivity contribution in [3.8, 4) is 0 Å². The Morgan fingerprint density at radius 2 is 1.94 bits per heavy atom. The third kappa shape index (κ3) is 1.95. The van der Waals surface area contributed by atoms with Gasteiger partial charge in [-0.1, -0.05) is 30.4 Å². The quantitative estimate of drug-likeness (QED) is 0.694. The average Bonchev–Trinajstić information content (AvgIpc) is 2.62. The van der Waals surface area contributed by atoms with Crippen molar-refractivity contribution >= 4 is 5.91 Å². The van der Waals surface area contributed by atoms with Gasteiger partial charge in [0, 0.05) is 31.1 Å². The van der Waals surface area contributed by atoms with Crippen LogP contribution in [0.3, 0.4) is 0 Å². The maximum Gasteiger partial charge on any atom is 0.251 e. The second kappa shape index (κ2) is 4.58. The molecular weight excluding hydrogens is 224 g/mol. The molecule has 3 rings (SSSR count). The van der Waals surface area contributed by atoms with Gasteiger partial charge in [-0.05, 0) is 24.6 Å². The molecule has 94 valence electrons. The van der Waals surface area contributed by atoms with Crippen molar-refractivity contribution in [2.75, 3.05) is 26.7 Å². The Kier molecular flexibility index (Phi) is 2.92. The molecule has 0 aromatic carbocycles. The Bertz CT molecular complexity index is 485. The number of allylic oxidation sites excluding steroid dienone is 6. The van der Waals surface area contributed by atoms with E-state index >= 15 is 0 Å². The summed E-state index contributed by atoms with van der Waals surface area (Å²) in [6, 6.07) is 0. The highest BCUT2D eigenvalue weighted by molar-refractivity contribution is 5.98. The number of fused-ring (bicyclic) bond motifs is 3. The summed E-state index contributed by atoms with van der Waals surface area (Å²) < 4.78 is 0. The molecule has 0 radical (unpaired) electrons. The normalized spacial score (nSPS) is 31.5. The molecule has 1 N–H and O–H groups in total. The molecule has 0 aromatic heterocycles. The van der Waals surface area contributed by atoms with E-state index in [0.29, 0.717) is 11.8 Å². The van der Waals surface area contributed by atoms with Crippen molar-refractivity contribution in [1.29, 1.82) is 0 Å². The Morgan fingerprint density at radius 1 is 1.17 bits per heavy atom. The van der Waals surface area contributed by atoms with Crippen LogP contribution in [-0.2, 0) is 4.79 Å². The molecule has 3 heteroatoms. The van der Waals surface area contributed by atoms with Crippen LogP contribution in [0.4, 0.5) is 0 Å². The maximum absolute atomic E-state index is 12.1. The monoisotopic (exact) mass is 242 g/mol. The van der Waals surface area contributed by atoms with Crippen LogP contribution in [0.25, 0.3) is 0 Å². The largest absolute Gasteiger partial charge is 0.352 e. The number of carbonyl (C=O) groups is 1. The fourth-order valence-electron chi connectivity index (χ4n) is 3.12. The van der Waals surface area contributed by atoms with E-state index in [0.717, 1.165) is 25.2 Å². The van der Waals surface area contributed by atoms with Gasteiger partial charge < -0.3 is 10.2 Å². The number of carbonyl (C=O) groups excluding carboxylic acids is 1. The first-order chi connectivity index (χ1) is 8.75. The van der Waals surface area contributed by atoms with Crippen LogP contribution in [0.2, 0.25) is 0 Å². The number of nitrogens with one attached hydrogen (secondary N) is 1. The molecule has 0 saturated carbocycles. The lowest BCUT2D eigenvalue weighted by Gasteiger charge is -2.17. The number of hydrogen-bond donors (Lipinski definition) is 1. The molecule has 0 bridgehead atoms. The summed E-state index contributed by atoms with van der Waals surface area (Å²) in [5.41, 5.74) is 2.03. The van der Waals surface area contributed by atoms with E-state index < -0.39 is 0 Å². The summed E-state index contributed by atoms with van der Waals surface area (Å²) in [6.45, 7) is 2.89. The molecule has 0 aromatic rings. The highest BCUT2D eigenvalue weighted by Gasteiger charge is 2.38. The van der Waals surface area contributed by atoms with Gasteiger partial charge in [0.25, 0.3) is 5.91 Å². The molecule has 2 saturated heterocycles. The molecule has 2 fully saturated rings. The van der Waals surface area contributed by atoms with Crippen molar-refractivity contribution in [1.82, 2.24) is 10.2 Å². The average molecular weight is 242 g/mol. The van der Waals surface area contributed by atoms with Crippen LogP contribution < -0.4 is 5.32 Å². The second-order valence-electron chi connectivity index (χ2n) is 5.27. The van der Waals surface area contributed by atoms with E-state index in [1.165, 1.54) is 5.57 Å². The molecule has 2 aliphatic heterocycles. The van der Waals surface area contributed by atoms with Gasteiger partial charge in [0.2, 0.25) is 0 Å². The zero-order chi connectivity index (χ0) is 12.5. The van der Waals surface area contributed by atoms with Crippen LogP contribution in [0.5, 0.6) is 0 Å². The highest BCUT2D eigenvalue weighted by Crippen LogP contribution is 2.35. The number of likely N-dealkylation sites (tertiary alicyclic amines) is 1. The van der Waals surface area contributed by atoms with E-state index in [4.69, 9.17) is 0 Å². The third-order valence-electron chi connectivity index (χ3n) is 3.98. The minimum Gasteiger partial charge on any atom is -0.352 e. The van der Waals surface area contributed by atoms with E-state index in [2.05, 4.69) is 23.3 Å². The fourth-order valence-corrected chi connectivity index (χ4v) is 3.12. The molecule has 2 heterocycles. The van der Waals surface area contributed by atoms with Gasteiger partial charge in [-0.3, -0.25) is 4.79 Å². The van der Waals surface area contributed by atoms with Crippen molar-refractivity contribution < 1.29 is 4.79 Å². The smallest absolute Gasteiger partial charge is 0.251 e. The summed E-state index contributed by atoms with van der Waals surface area (Å²) in [5.74, 6) is 1.07. The highest BCUT2D eigenvalue weighted by atomic mass is 16.1. The number of hydrogen-bond acceptors (Lipinski definition) is 2. The lowest BCUT2D eigenvalue weighted by molar-refractivity contribution is -0.117. The van der Waals surface area contributed by atoms with E-state index in [1.807, 2.05) is 30.4 Å². The van der Waals surface area contributed by atoms with Gasteiger partial charge in [0.1, 0.15) is 0 Å². The SMILES string of the molecule is CN1CC2CNC(=O)C3=CC=CC=CC=C3C2C1. The first-order valence-electron chi connectivity index (χ1n) is 6.48. The molecule has 2 unspecified atom stereocenters. The summed E-state index contributed by atoms with van der Waals surface area (Å²) >= 11 is 0. The summed E-state index contributed by atoms with van der Waals surface area (Å²) in [4.78, 5) is 14.5. The summed E-state index contributed by atoms with van der Waals surface area (Å²) in [5, 5.41) is 3.05. The molecule has 3 aliphatic rings. The van der Waals surface area contributed by atoms with Crippen LogP contribution in [0.15, 0.2) is 47.6 Å². The maximum atomic E-state index is 12.1. The molecule has 2 atom stereocenters. The number of amides is 1. The predicted molar refractivity (Wildman–Crippen MR) is 71.9 cm³/mol. The minimum atomic E-state index is 0.0678. The van der Waals surface area contributed by atoms with Crippen molar-refractivity contribution in [3.63, 3.8) is 0 Å². The molecular formula is C15H18N2O. The zero-order valence-electron chi connectivity index (χ0n) is 10.6. The Morgan fingerprint density at radius 3 is 2.78 bits per heavy atom. The van der Waals surface area contributed by atoms with Crippen molar-refractivity contribution in [2.24, 2.45) is 11.8 Å². The van der Waals surface area contributed by atoms with E-state index in [-0.39, 0.29) is 5.91 Å². The zero-order valence-corrected chi connectivity index (χ0v) is 10.6. The summed E-state index contributed by atoms with van der Waals surface area (Å²) in [7, 11) is 2.15. The number of nitrogens with zero attached hydrogens (tertiary/aromatic N) is 1.